The zero-order valence-electron chi connectivity index (χ0n) is 16.6. The molecule has 1 aliphatic rings. The van der Waals surface area contributed by atoms with E-state index < -0.39 is 0 Å². The van der Waals surface area contributed by atoms with E-state index in [-0.39, 0.29) is 0 Å². The zero-order chi connectivity index (χ0) is 19.8. The van der Waals surface area contributed by atoms with Gasteiger partial charge in [-0.3, -0.25) is 9.97 Å². The third-order valence-corrected chi connectivity index (χ3v) is 7.68. The van der Waals surface area contributed by atoms with Crippen LogP contribution in [0.3, 0.4) is 0 Å². The normalized spacial score (nSPS) is 14.0. The molecule has 0 unspecified atom stereocenters. The summed E-state index contributed by atoms with van der Waals surface area (Å²) in [5, 5.41) is 0. The van der Waals surface area contributed by atoms with Crippen molar-refractivity contribution in [1.29, 1.82) is 0 Å². The van der Waals surface area contributed by atoms with Crippen molar-refractivity contribution in [3.63, 3.8) is 0 Å². The molecule has 0 radical (unpaired) electrons. The second kappa shape index (κ2) is 7.69. The zero-order valence-corrected chi connectivity index (χ0v) is 18.2. The maximum absolute atomic E-state index is 4.55. The van der Waals surface area contributed by atoms with Crippen molar-refractivity contribution in [3.05, 3.63) is 81.8 Å². The maximum Gasteiger partial charge on any atom is 0.0801 e. The molecular weight excluding hydrogens is 392 g/mol. The van der Waals surface area contributed by atoms with Gasteiger partial charge in [0.25, 0.3) is 0 Å². The maximum atomic E-state index is 4.55. The number of aryl methyl sites for hydroxylation is 2. The highest BCUT2D eigenvalue weighted by molar-refractivity contribution is 7.16. The minimum absolute atomic E-state index is 1.07. The molecule has 2 nitrogen and oxygen atoms in total. The van der Waals surface area contributed by atoms with Gasteiger partial charge in [0.05, 0.1) is 21.1 Å². The first kappa shape index (κ1) is 18.5. The SMILES string of the molecule is Cc1sc(-c2ccccn2)cc1C1=C(c2cc(-c3ccccn3)sc2C)CCC1. The highest BCUT2D eigenvalue weighted by atomic mass is 32.1. The Morgan fingerprint density at radius 1 is 0.690 bits per heavy atom. The summed E-state index contributed by atoms with van der Waals surface area (Å²) in [5.41, 5.74) is 8.00. The molecule has 0 atom stereocenters. The Kier molecular flexibility index (Phi) is 4.90. The van der Waals surface area contributed by atoms with E-state index in [1.54, 1.807) is 0 Å². The number of aromatic nitrogens is 2. The van der Waals surface area contributed by atoms with Crippen molar-refractivity contribution in [2.75, 3.05) is 0 Å². The van der Waals surface area contributed by atoms with E-state index in [2.05, 4.69) is 60.2 Å². The second-order valence-electron chi connectivity index (χ2n) is 7.40. The summed E-state index contributed by atoms with van der Waals surface area (Å²) in [4.78, 5) is 14.4. The van der Waals surface area contributed by atoms with E-state index in [4.69, 9.17) is 0 Å². The van der Waals surface area contributed by atoms with Crippen LogP contribution in [0.25, 0.3) is 32.3 Å². The van der Waals surface area contributed by atoms with Gasteiger partial charge in [-0.05, 0) is 91.8 Å². The first-order valence-electron chi connectivity index (χ1n) is 9.97. The van der Waals surface area contributed by atoms with Gasteiger partial charge in [0.15, 0.2) is 0 Å². The second-order valence-corrected chi connectivity index (χ2v) is 9.91. The van der Waals surface area contributed by atoms with Gasteiger partial charge in [-0.2, -0.15) is 0 Å². The molecule has 0 saturated heterocycles. The van der Waals surface area contributed by atoms with Crippen molar-refractivity contribution in [1.82, 2.24) is 9.97 Å². The highest BCUT2D eigenvalue weighted by Gasteiger charge is 2.23. The van der Waals surface area contributed by atoms with E-state index >= 15 is 0 Å². The van der Waals surface area contributed by atoms with Crippen LogP contribution in [0, 0.1) is 13.8 Å². The molecule has 0 bridgehead atoms. The Morgan fingerprint density at radius 3 is 1.59 bits per heavy atom. The summed E-state index contributed by atoms with van der Waals surface area (Å²) in [7, 11) is 0. The third-order valence-electron chi connectivity index (χ3n) is 5.54. The smallest absolute Gasteiger partial charge is 0.0801 e. The Morgan fingerprint density at radius 2 is 1.17 bits per heavy atom. The minimum Gasteiger partial charge on any atom is -0.255 e. The van der Waals surface area contributed by atoms with Crippen molar-refractivity contribution in [3.8, 4) is 21.1 Å². The van der Waals surface area contributed by atoms with Crippen LogP contribution in [0.1, 0.15) is 40.1 Å². The topological polar surface area (TPSA) is 25.8 Å². The fourth-order valence-corrected chi connectivity index (χ4v) is 6.22. The van der Waals surface area contributed by atoms with Gasteiger partial charge in [0.1, 0.15) is 0 Å². The third kappa shape index (κ3) is 3.47. The Bertz CT molecular complexity index is 1090. The van der Waals surface area contributed by atoms with Crippen LogP contribution in [0.15, 0.2) is 60.9 Å². The van der Waals surface area contributed by atoms with Gasteiger partial charge < -0.3 is 0 Å². The molecule has 29 heavy (non-hydrogen) atoms. The van der Waals surface area contributed by atoms with Crippen LogP contribution < -0.4 is 0 Å². The molecule has 0 amide bonds. The quantitative estimate of drug-likeness (QED) is 0.343. The number of hydrogen-bond donors (Lipinski definition) is 0. The summed E-state index contributed by atoms with van der Waals surface area (Å²) in [6.07, 6.45) is 7.29. The van der Waals surface area contributed by atoms with Crippen LogP contribution in [0.4, 0.5) is 0 Å². The molecule has 4 heteroatoms. The van der Waals surface area contributed by atoms with Crippen LogP contribution >= 0.6 is 22.7 Å². The van der Waals surface area contributed by atoms with Gasteiger partial charge in [0, 0.05) is 22.1 Å². The average Bonchev–Trinajstić information content (AvgIpc) is 3.47. The first-order chi connectivity index (χ1) is 14.2. The lowest BCUT2D eigenvalue weighted by Crippen LogP contribution is -1.86. The first-order valence-corrected chi connectivity index (χ1v) is 11.6. The summed E-state index contributed by atoms with van der Waals surface area (Å²) < 4.78 is 0. The average molecular weight is 415 g/mol. The summed E-state index contributed by atoms with van der Waals surface area (Å²) in [6.45, 7) is 4.49. The monoisotopic (exact) mass is 414 g/mol. The highest BCUT2D eigenvalue weighted by Crippen LogP contribution is 2.46. The van der Waals surface area contributed by atoms with Crippen LogP contribution in [0.5, 0.6) is 0 Å². The molecule has 1 aliphatic carbocycles. The molecule has 5 rings (SSSR count). The number of allylic oxidation sites excluding steroid dienone is 2. The van der Waals surface area contributed by atoms with Crippen LogP contribution in [0.2, 0.25) is 0 Å². The van der Waals surface area contributed by atoms with E-state index in [0.717, 1.165) is 24.2 Å². The Labute approximate surface area is 179 Å². The molecule has 0 N–H and O–H groups in total. The number of pyridine rings is 2. The van der Waals surface area contributed by atoms with E-state index in [1.807, 2.05) is 47.2 Å². The molecule has 0 fully saturated rings. The molecule has 0 aliphatic heterocycles. The fraction of sp³-hybridized carbons (Fsp3) is 0.200. The predicted octanol–water partition coefficient (Wildman–Crippen LogP) is 7.65. The summed E-state index contributed by atoms with van der Waals surface area (Å²) in [5.74, 6) is 0. The van der Waals surface area contributed by atoms with Crippen LogP contribution in [-0.2, 0) is 0 Å². The standard InChI is InChI=1S/C25H22N2S2/c1-16-20(14-24(28-16)22-10-3-5-12-26-22)18-8-7-9-19(18)21-15-25(29-17(21)2)23-11-4-6-13-27-23/h3-6,10-15H,7-9H2,1-2H3. The molecule has 0 spiro atoms. The largest absolute Gasteiger partial charge is 0.255 e. The Balaban J connectivity index is 1.58. The summed E-state index contributed by atoms with van der Waals surface area (Å²) in [6, 6.07) is 17.0. The summed E-state index contributed by atoms with van der Waals surface area (Å²) >= 11 is 3.71. The molecule has 4 aromatic heterocycles. The number of nitrogens with zero attached hydrogens (tertiary/aromatic N) is 2. The van der Waals surface area contributed by atoms with Crippen LogP contribution in [-0.4, -0.2) is 9.97 Å². The van der Waals surface area contributed by atoms with E-state index in [1.165, 1.54) is 48.2 Å². The minimum atomic E-state index is 1.07. The number of hydrogen-bond acceptors (Lipinski definition) is 4. The van der Waals surface area contributed by atoms with Crippen molar-refractivity contribution in [2.45, 2.75) is 33.1 Å². The van der Waals surface area contributed by atoms with Gasteiger partial charge in [0.2, 0.25) is 0 Å². The fourth-order valence-electron chi connectivity index (χ4n) is 4.17. The lowest BCUT2D eigenvalue weighted by atomic mass is 9.97. The number of thiophene rings is 2. The lowest BCUT2D eigenvalue weighted by molar-refractivity contribution is 0.941. The van der Waals surface area contributed by atoms with Gasteiger partial charge >= 0.3 is 0 Å². The van der Waals surface area contributed by atoms with Crippen molar-refractivity contribution < 1.29 is 0 Å². The van der Waals surface area contributed by atoms with E-state index in [9.17, 15) is 0 Å². The predicted molar refractivity (Wildman–Crippen MR) is 125 cm³/mol. The van der Waals surface area contributed by atoms with Gasteiger partial charge in [-0.15, -0.1) is 22.7 Å². The van der Waals surface area contributed by atoms with Crippen molar-refractivity contribution in [2.24, 2.45) is 0 Å². The van der Waals surface area contributed by atoms with Gasteiger partial charge in [-0.25, -0.2) is 0 Å². The number of rotatable bonds is 4. The lowest BCUT2D eigenvalue weighted by Gasteiger charge is -2.07. The Hall–Kier alpha value is -2.56. The van der Waals surface area contributed by atoms with E-state index in [0.29, 0.717) is 0 Å². The molecule has 4 aromatic rings. The van der Waals surface area contributed by atoms with Crippen molar-refractivity contribution >= 4 is 33.8 Å². The molecule has 144 valence electrons. The van der Waals surface area contributed by atoms with Gasteiger partial charge in [-0.1, -0.05) is 12.1 Å². The molecular formula is C25H22N2S2. The molecule has 4 heterocycles. The molecule has 0 saturated carbocycles. The molecule has 0 aromatic carbocycles.